The van der Waals surface area contributed by atoms with E-state index in [1.54, 1.807) is 19.1 Å². The highest BCUT2D eigenvalue weighted by Crippen LogP contribution is 2.13. The number of hydrogen-bond donors (Lipinski definition) is 1. The molecule has 0 amide bonds. The Morgan fingerprint density at radius 2 is 1.89 bits per heavy atom. The zero-order chi connectivity index (χ0) is 13.6. The predicted molar refractivity (Wildman–Crippen MR) is 74.7 cm³/mol. The monoisotopic (exact) mass is 290 g/mol. The highest BCUT2D eigenvalue weighted by atomic mass is 35.5. The molecule has 0 bridgehead atoms. The molecule has 1 atom stereocenters. The SMILES string of the molecule is CCS(=O)(=O)CCCC(O)Cc1ccc(Cl)cc1. The van der Waals surface area contributed by atoms with E-state index >= 15 is 0 Å². The predicted octanol–water partition coefficient (Wildman–Crippen LogP) is 2.46. The fraction of sp³-hybridized carbons (Fsp3) is 0.538. The molecule has 0 aromatic heterocycles. The first kappa shape index (κ1) is 15.5. The third-order valence-corrected chi connectivity index (χ3v) is 4.86. The van der Waals surface area contributed by atoms with Crippen molar-refractivity contribution in [3.05, 3.63) is 34.9 Å². The van der Waals surface area contributed by atoms with Gasteiger partial charge in [-0.25, -0.2) is 8.42 Å². The average Bonchev–Trinajstić information content (AvgIpc) is 2.32. The van der Waals surface area contributed by atoms with Gasteiger partial charge in [-0.1, -0.05) is 30.7 Å². The summed E-state index contributed by atoms with van der Waals surface area (Å²) in [5.41, 5.74) is 1.00. The first-order valence-electron chi connectivity index (χ1n) is 6.06. The Balaban J connectivity index is 2.34. The van der Waals surface area contributed by atoms with E-state index < -0.39 is 15.9 Å². The second kappa shape index (κ2) is 7.12. The molecule has 0 aliphatic heterocycles. The molecule has 0 spiro atoms. The molecule has 0 saturated carbocycles. The molecule has 0 aliphatic carbocycles. The van der Waals surface area contributed by atoms with E-state index in [1.165, 1.54) is 0 Å². The van der Waals surface area contributed by atoms with Crippen molar-refractivity contribution in [2.45, 2.75) is 32.3 Å². The molecule has 102 valence electrons. The summed E-state index contributed by atoms with van der Waals surface area (Å²) in [7, 11) is -2.92. The smallest absolute Gasteiger partial charge is 0.150 e. The van der Waals surface area contributed by atoms with Crippen LogP contribution in [-0.4, -0.2) is 31.1 Å². The molecule has 3 nitrogen and oxygen atoms in total. The van der Waals surface area contributed by atoms with Crippen molar-refractivity contribution < 1.29 is 13.5 Å². The molecule has 1 aromatic carbocycles. The largest absolute Gasteiger partial charge is 0.393 e. The zero-order valence-corrected chi connectivity index (χ0v) is 12.0. The lowest BCUT2D eigenvalue weighted by molar-refractivity contribution is 0.164. The van der Waals surface area contributed by atoms with Gasteiger partial charge < -0.3 is 5.11 Å². The van der Waals surface area contributed by atoms with Crippen LogP contribution in [0.5, 0.6) is 0 Å². The van der Waals surface area contributed by atoms with Crippen molar-refractivity contribution in [2.75, 3.05) is 11.5 Å². The second-order valence-corrected chi connectivity index (χ2v) is 7.27. The summed E-state index contributed by atoms with van der Waals surface area (Å²) in [6.45, 7) is 1.64. The summed E-state index contributed by atoms with van der Waals surface area (Å²) in [6.07, 6.45) is 1.04. The Labute approximate surface area is 114 Å². The zero-order valence-electron chi connectivity index (χ0n) is 10.5. The van der Waals surface area contributed by atoms with Gasteiger partial charge in [0, 0.05) is 10.8 Å². The van der Waals surface area contributed by atoms with Gasteiger partial charge in [0.2, 0.25) is 0 Å². The lowest BCUT2D eigenvalue weighted by Gasteiger charge is -2.10. The van der Waals surface area contributed by atoms with E-state index in [-0.39, 0.29) is 11.5 Å². The number of halogens is 1. The first-order valence-corrected chi connectivity index (χ1v) is 8.26. The normalized spacial score (nSPS) is 13.5. The van der Waals surface area contributed by atoms with Crippen molar-refractivity contribution in [1.82, 2.24) is 0 Å². The van der Waals surface area contributed by atoms with Crippen LogP contribution in [0, 0.1) is 0 Å². The maximum absolute atomic E-state index is 11.3. The molecule has 1 rings (SSSR count). The van der Waals surface area contributed by atoms with Gasteiger partial charge in [-0.05, 0) is 37.0 Å². The van der Waals surface area contributed by atoms with Gasteiger partial charge >= 0.3 is 0 Å². The Bertz CT molecular complexity index is 454. The fourth-order valence-electron chi connectivity index (χ4n) is 1.68. The van der Waals surface area contributed by atoms with Crippen LogP contribution in [0.15, 0.2) is 24.3 Å². The van der Waals surface area contributed by atoms with E-state index in [1.807, 2.05) is 12.1 Å². The minimum Gasteiger partial charge on any atom is -0.393 e. The van der Waals surface area contributed by atoms with Crippen LogP contribution in [0.4, 0.5) is 0 Å². The van der Waals surface area contributed by atoms with Gasteiger partial charge in [-0.15, -0.1) is 0 Å². The third-order valence-electron chi connectivity index (χ3n) is 2.82. The van der Waals surface area contributed by atoms with E-state index in [9.17, 15) is 13.5 Å². The van der Waals surface area contributed by atoms with Crippen molar-refractivity contribution in [3.63, 3.8) is 0 Å². The molecular weight excluding hydrogens is 272 g/mol. The Morgan fingerprint density at radius 1 is 1.28 bits per heavy atom. The minimum absolute atomic E-state index is 0.154. The maximum atomic E-state index is 11.3. The van der Waals surface area contributed by atoms with Crippen LogP contribution in [0.3, 0.4) is 0 Å². The molecule has 1 N–H and O–H groups in total. The first-order chi connectivity index (χ1) is 8.43. The van der Waals surface area contributed by atoms with E-state index in [0.29, 0.717) is 24.3 Å². The lowest BCUT2D eigenvalue weighted by atomic mass is 10.1. The maximum Gasteiger partial charge on any atom is 0.150 e. The van der Waals surface area contributed by atoms with Crippen LogP contribution in [0.25, 0.3) is 0 Å². The summed E-state index contributed by atoms with van der Waals surface area (Å²) in [4.78, 5) is 0. The van der Waals surface area contributed by atoms with Gasteiger partial charge in [-0.3, -0.25) is 0 Å². The number of sulfone groups is 1. The molecule has 0 fully saturated rings. The lowest BCUT2D eigenvalue weighted by Crippen LogP contribution is -2.14. The number of benzene rings is 1. The number of rotatable bonds is 7. The van der Waals surface area contributed by atoms with Crippen LogP contribution >= 0.6 is 11.6 Å². The van der Waals surface area contributed by atoms with Crippen molar-refractivity contribution in [2.24, 2.45) is 0 Å². The van der Waals surface area contributed by atoms with E-state index in [0.717, 1.165) is 5.56 Å². The third kappa shape index (κ3) is 5.85. The summed E-state index contributed by atoms with van der Waals surface area (Å²) < 4.78 is 22.6. The van der Waals surface area contributed by atoms with Gasteiger partial charge in [0.25, 0.3) is 0 Å². The summed E-state index contributed by atoms with van der Waals surface area (Å²) in [6, 6.07) is 7.30. The van der Waals surface area contributed by atoms with Gasteiger partial charge in [-0.2, -0.15) is 0 Å². The number of aliphatic hydroxyl groups excluding tert-OH is 1. The molecule has 1 aromatic rings. The molecule has 0 radical (unpaired) electrons. The van der Waals surface area contributed by atoms with Crippen LogP contribution in [-0.2, 0) is 16.3 Å². The van der Waals surface area contributed by atoms with Crippen LogP contribution in [0.1, 0.15) is 25.3 Å². The molecule has 1 unspecified atom stereocenters. The second-order valence-electron chi connectivity index (χ2n) is 4.36. The van der Waals surface area contributed by atoms with Crippen LogP contribution in [0.2, 0.25) is 5.02 Å². The van der Waals surface area contributed by atoms with Crippen molar-refractivity contribution in [3.8, 4) is 0 Å². The molecular formula is C13H19ClO3S. The molecule has 18 heavy (non-hydrogen) atoms. The van der Waals surface area contributed by atoms with E-state index in [2.05, 4.69) is 0 Å². The van der Waals surface area contributed by atoms with Gasteiger partial charge in [0.1, 0.15) is 9.84 Å². The molecule has 0 aliphatic rings. The van der Waals surface area contributed by atoms with Crippen LogP contribution < -0.4 is 0 Å². The molecule has 0 saturated heterocycles. The fourth-order valence-corrected chi connectivity index (χ4v) is 2.70. The Hall–Kier alpha value is -0.580. The van der Waals surface area contributed by atoms with Crippen molar-refractivity contribution in [1.29, 1.82) is 0 Å². The van der Waals surface area contributed by atoms with E-state index in [4.69, 9.17) is 11.6 Å². The highest BCUT2D eigenvalue weighted by molar-refractivity contribution is 7.91. The Morgan fingerprint density at radius 3 is 2.44 bits per heavy atom. The summed E-state index contributed by atoms with van der Waals surface area (Å²) in [5.74, 6) is 0.321. The van der Waals surface area contributed by atoms with Crippen molar-refractivity contribution >= 4 is 21.4 Å². The summed E-state index contributed by atoms with van der Waals surface area (Å²) in [5, 5.41) is 10.5. The average molecular weight is 291 g/mol. The van der Waals surface area contributed by atoms with Gasteiger partial charge in [0.15, 0.2) is 0 Å². The topological polar surface area (TPSA) is 54.4 Å². The van der Waals surface area contributed by atoms with Gasteiger partial charge in [0.05, 0.1) is 11.9 Å². The molecule has 0 heterocycles. The standard InChI is InChI=1S/C13H19ClO3S/c1-2-18(16,17)9-3-4-13(15)10-11-5-7-12(14)8-6-11/h5-8,13,15H,2-4,9-10H2,1H3. The number of aliphatic hydroxyl groups is 1. The molecule has 5 heteroatoms. The Kier molecular flexibility index (Phi) is 6.12. The summed E-state index contributed by atoms with van der Waals surface area (Å²) >= 11 is 5.77. The highest BCUT2D eigenvalue weighted by Gasteiger charge is 2.10. The quantitative estimate of drug-likeness (QED) is 0.839. The number of hydrogen-bond acceptors (Lipinski definition) is 3. The minimum atomic E-state index is -2.92.